The lowest BCUT2D eigenvalue weighted by Crippen LogP contribution is -2.16. The van der Waals surface area contributed by atoms with Gasteiger partial charge in [0.15, 0.2) is 0 Å². The second kappa shape index (κ2) is 4.09. The van der Waals surface area contributed by atoms with Crippen LogP contribution in [0.4, 0.5) is 5.82 Å². The molecule has 1 aliphatic rings. The average Bonchev–Trinajstić information content (AvgIpc) is 2.76. The smallest absolute Gasteiger partial charge is 0.121 e. The highest BCUT2D eigenvalue weighted by Crippen LogP contribution is 2.24. The predicted octanol–water partition coefficient (Wildman–Crippen LogP) is 1.80. The van der Waals surface area contributed by atoms with Crippen molar-refractivity contribution in [2.45, 2.75) is 39.2 Å². The molecule has 0 aliphatic carbocycles. The maximum absolute atomic E-state index is 5.98. The molecule has 4 nitrogen and oxygen atoms in total. The van der Waals surface area contributed by atoms with E-state index in [-0.39, 0.29) is 5.41 Å². The molecule has 1 aromatic rings. The lowest BCUT2D eigenvalue weighted by molar-refractivity contribution is 0.181. The molecule has 0 amide bonds. The zero-order valence-corrected chi connectivity index (χ0v) is 10.4. The van der Waals surface area contributed by atoms with Crippen LogP contribution in [0.15, 0.2) is 6.07 Å². The third kappa shape index (κ3) is 2.38. The second-order valence-electron chi connectivity index (χ2n) is 5.62. The van der Waals surface area contributed by atoms with E-state index < -0.39 is 0 Å². The summed E-state index contributed by atoms with van der Waals surface area (Å²) in [6, 6.07) is 1.98. The number of nitrogen functional groups attached to an aromatic ring is 1. The number of aromatic nitrogens is 2. The molecule has 0 bridgehead atoms. The Labute approximate surface area is 96.8 Å². The molecule has 16 heavy (non-hydrogen) atoms. The first-order valence-corrected chi connectivity index (χ1v) is 5.88. The van der Waals surface area contributed by atoms with Gasteiger partial charge in [0.25, 0.3) is 0 Å². The molecular formula is C12H21N3O. The van der Waals surface area contributed by atoms with Crippen molar-refractivity contribution in [3.63, 3.8) is 0 Å². The Morgan fingerprint density at radius 1 is 1.56 bits per heavy atom. The Bertz CT molecular complexity index is 359. The summed E-state index contributed by atoms with van der Waals surface area (Å²) in [5.74, 6) is 1.33. The van der Waals surface area contributed by atoms with Crippen LogP contribution in [0.2, 0.25) is 0 Å². The SMILES string of the molecule is CC(C)(C)c1cc(N)n(CC2CCOC2)n1. The number of hydrogen-bond donors (Lipinski definition) is 1. The molecule has 4 heteroatoms. The van der Waals surface area contributed by atoms with Crippen LogP contribution in [-0.2, 0) is 16.7 Å². The van der Waals surface area contributed by atoms with Gasteiger partial charge >= 0.3 is 0 Å². The minimum absolute atomic E-state index is 0.0611. The van der Waals surface area contributed by atoms with Gasteiger partial charge < -0.3 is 10.5 Å². The predicted molar refractivity (Wildman–Crippen MR) is 64.3 cm³/mol. The molecule has 1 fully saturated rings. The number of nitrogens with zero attached hydrogens (tertiary/aromatic N) is 2. The van der Waals surface area contributed by atoms with Gasteiger partial charge in [-0.25, -0.2) is 4.68 Å². The van der Waals surface area contributed by atoms with Crippen molar-refractivity contribution in [1.82, 2.24) is 9.78 Å². The Morgan fingerprint density at radius 3 is 2.81 bits per heavy atom. The fourth-order valence-corrected chi connectivity index (χ4v) is 1.92. The molecule has 0 aromatic carbocycles. The lowest BCUT2D eigenvalue weighted by Gasteiger charge is -2.14. The van der Waals surface area contributed by atoms with Crippen LogP contribution in [0, 0.1) is 5.92 Å². The molecule has 2 heterocycles. The highest BCUT2D eigenvalue weighted by atomic mass is 16.5. The normalized spacial score (nSPS) is 21.6. The molecule has 1 aliphatic heterocycles. The van der Waals surface area contributed by atoms with Crippen molar-refractivity contribution in [1.29, 1.82) is 0 Å². The summed E-state index contributed by atoms with van der Waals surface area (Å²) >= 11 is 0. The summed E-state index contributed by atoms with van der Waals surface area (Å²) in [4.78, 5) is 0. The average molecular weight is 223 g/mol. The number of rotatable bonds is 2. The lowest BCUT2D eigenvalue weighted by atomic mass is 9.92. The first-order chi connectivity index (χ1) is 7.47. The van der Waals surface area contributed by atoms with Crippen molar-refractivity contribution < 1.29 is 4.74 Å². The summed E-state index contributed by atoms with van der Waals surface area (Å²) in [5, 5.41) is 4.58. The van der Waals surface area contributed by atoms with E-state index in [1.54, 1.807) is 0 Å². The quantitative estimate of drug-likeness (QED) is 0.831. The number of hydrogen-bond acceptors (Lipinski definition) is 3. The molecule has 2 N–H and O–H groups in total. The maximum Gasteiger partial charge on any atom is 0.121 e. The van der Waals surface area contributed by atoms with Crippen LogP contribution >= 0.6 is 0 Å². The van der Waals surface area contributed by atoms with E-state index in [0.717, 1.165) is 37.7 Å². The fourth-order valence-electron chi connectivity index (χ4n) is 1.92. The summed E-state index contributed by atoms with van der Waals surface area (Å²) < 4.78 is 7.28. The van der Waals surface area contributed by atoms with Gasteiger partial charge in [-0.2, -0.15) is 5.10 Å². The third-order valence-corrected chi connectivity index (χ3v) is 3.03. The number of ether oxygens (including phenoxy) is 1. The Morgan fingerprint density at radius 2 is 2.31 bits per heavy atom. The van der Waals surface area contributed by atoms with Crippen molar-refractivity contribution in [2.24, 2.45) is 5.92 Å². The third-order valence-electron chi connectivity index (χ3n) is 3.03. The van der Waals surface area contributed by atoms with Crippen LogP contribution in [0.3, 0.4) is 0 Å². The second-order valence-corrected chi connectivity index (χ2v) is 5.62. The minimum Gasteiger partial charge on any atom is -0.384 e. The molecule has 90 valence electrons. The first kappa shape index (κ1) is 11.5. The minimum atomic E-state index is 0.0611. The molecule has 0 saturated carbocycles. The molecule has 1 aromatic heterocycles. The van der Waals surface area contributed by atoms with E-state index in [4.69, 9.17) is 10.5 Å². The van der Waals surface area contributed by atoms with Crippen LogP contribution in [-0.4, -0.2) is 23.0 Å². The molecule has 0 spiro atoms. The van der Waals surface area contributed by atoms with Crippen LogP contribution in [0.5, 0.6) is 0 Å². The Kier molecular flexibility index (Phi) is 2.93. The Hall–Kier alpha value is -1.03. The van der Waals surface area contributed by atoms with Crippen LogP contribution in [0.1, 0.15) is 32.9 Å². The van der Waals surface area contributed by atoms with Gasteiger partial charge in [-0.3, -0.25) is 0 Å². The van der Waals surface area contributed by atoms with E-state index in [2.05, 4.69) is 25.9 Å². The van der Waals surface area contributed by atoms with Gasteiger partial charge in [0.1, 0.15) is 5.82 Å². The summed E-state index contributed by atoms with van der Waals surface area (Å²) in [6.07, 6.45) is 1.12. The van der Waals surface area contributed by atoms with Gasteiger partial charge in [-0.05, 0) is 6.42 Å². The number of nitrogens with two attached hydrogens (primary N) is 1. The molecular weight excluding hydrogens is 202 g/mol. The summed E-state index contributed by atoms with van der Waals surface area (Å²) in [7, 11) is 0. The zero-order chi connectivity index (χ0) is 11.8. The van der Waals surface area contributed by atoms with Crippen molar-refractivity contribution in [2.75, 3.05) is 18.9 Å². The van der Waals surface area contributed by atoms with Crippen molar-refractivity contribution in [3.05, 3.63) is 11.8 Å². The van der Waals surface area contributed by atoms with E-state index in [1.165, 1.54) is 0 Å². The van der Waals surface area contributed by atoms with Gasteiger partial charge in [-0.15, -0.1) is 0 Å². The molecule has 1 atom stereocenters. The largest absolute Gasteiger partial charge is 0.384 e. The van der Waals surface area contributed by atoms with Crippen LogP contribution in [0.25, 0.3) is 0 Å². The van der Waals surface area contributed by atoms with E-state index >= 15 is 0 Å². The van der Waals surface area contributed by atoms with Gasteiger partial charge in [-0.1, -0.05) is 20.8 Å². The van der Waals surface area contributed by atoms with Crippen molar-refractivity contribution in [3.8, 4) is 0 Å². The first-order valence-electron chi connectivity index (χ1n) is 5.88. The van der Waals surface area contributed by atoms with Crippen LogP contribution < -0.4 is 5.73 Å². The topological polar surface area (TPSA) is 53.1 Å². The van der Waals surface area contributed by atoms with Crippen molar-refractivity contribution >= 4 is 5.82 Å². The molecule has 1 saturated heterocycles. The van der Waals surface area contributed by atoms with Gasteiger partial charge in [0.2, 0.25) is 0 Å². The highest BCUT2D eigenvalue weighted by molar-refractivity contribution is 5.33. The zero-order valence-electron chi connectivity index (χ0n) is 10.4. The van der Waals surface area contributed by atoms with E-state index in [9.17, 15) is 0 Å². The molecule has 1 unspecified atom stereocenters. The monoisotopic (exact) mass is 223 g/mol. The van der Waals surface area contributed by atoms with E-state index in [0.29, 0.717) is 5.92 Å². The summed E-state index contributed by atoms with van der Waals surface area (Å²) in [6.45, 7) is 9.04. The molecule has 0 radical (unpaired) electrons. The molecule has 2 rings (SSSR count). The van der Waals surface area contributed by atoms with Gasteiger partial charge in [0, 0.05) is 30.6 Å². The number of anilines is 1. The van der Waals surface area contributed by atoms with E-state index in [1.807, 2.05) is 10.7 Å². The Balaban J connectivity index is 2.12. The maximum atomic E-state index is 5.98. The summed E-state index contributed by atoms with van der Waals surface area (Å²) in [5.41, 5.74) is 7.10. The standard InChI is InChI=1S/C12H21N3O/c1-12(2,3)10-6-11(13)15(14-10)7-9-4-5-16-8-9/h6,9H,4-5,7-8,13H2,1-3H3. The fraction of sp³-hybridized carbons (Fsp3) is 0.750. The highest BCUT2D eigenvalue weighted by Gasteiger charge is 2.21. The van der Waals surface area contributed by atoms with Gasteiger partial charge in [0.05, 0.1) is 12.3 Å².